The molecular weight excluding hydrogens is 404 g/mol. The second-order valence-corrected chi connectivity index (χ2v) is 7.71. The predicted octanol–water partition coefficient (Wildman–Crippen LogP) is 2.89. The molecule has 3 aromatic rings. The zero-order chi connectivity index (χ0) is 21.1. The van der Waals surface area contributed by atoms with Crippen LogP contribution in [0.1, 0.15) is 35.3 Å². The van der Waals surface area contributed by atoms with E-state index in [1.807, 2.05) is 6.07 Å². The fourth-order valence-electron chi connectivity index (χ4n) is 3.80. The van der Waals surface area contributed by atoms with Crippen LogP contribution in [0.25, 0.3) is 5.69 Å². The minimum Gasteiger partial charge on any atom is -0.496 e. The Morgan fingerprint density at radius 3 is 2.80 bits per heavy atom. The molecule has 2 heterocycles. The number of methoxy groups -OCH3 is 1. The van der Waals surface area contributed by atoms with Gasteiger partial charge in [-0.1, -0.05) is 41.9 Å². The van der Waals surface area contributed by atoms with Gasteiger partial charge in [0.2, 0.25) is 0 Å². The topological polar surface area (TPSA) is 85.2 Å². The van der Waals surface area contributed by atoms with E-state index in [1.165, 1.54) is 23.7 Å². The third kappa shape index (κ3) is 4.15. The van der Waals surface area contributed by atoms with Crippen molar-refractivity contribution in [1.82, 2.24) is 30.4 Å². The summed E-state index contributed by atoms with van der Waals surface area (Å²) in [6.45, 7) is 3.91. The summed E-state index contributed by atoms with van der Waals surface area (Å²) >= 11 is 6.38. The minimum absolute atomic E-state index is 0.0614. The molecule has 1 fully saturated rings. The van der Waals surface area contributed by atoms with Crippen LogP contribution in [0.15, 0.2) is 48.8 Å². The molecule has 1 N–H and O–H groups in total. The molecule has 0 spiro atoms. The summed E-state index contributed by atoms with van der Waals surface area (Å²) in [6.07, 6.45) is 2.32. The summed E-state index contributed by atoms with van der Waals surface area (Å²) in [7, 11) is 1.52. The van der Waals surface area contributed by atoms with Crippen molar-refractivity contribution < 1.29 is 9.53 Å². The highest BCUT2D eigenvalue weighted by Crippen LogP contribution is 2.30. The largest absolute Gasteiger partial charge is 0.496 e. The fourth-order valence-corrected chi connectivity index (χ4v) is 4.05. The Kier molecular flexibility index (Phi) is 5.96. The average Bonchev–Trinajstić information content (AvgIpc) is 3.46. The molecule has 2 unspecified atom stereocenters. The number of ether oxygens (including phenoxy) is 1. The highest BCUT2D eigenvalue weighted by Gasteiger charge is 2.29. The van der Waals surface area contributed by atoms with E-state index in [0.29, 0.717) is 28.1 Å². The average molecular weight is 427 g/mol. The lowest BCUT2D eigenvalue weighted by Crippen LogP contribution is -2.37. The minimum atomic E-state index is -0.212. The van der Waals surface area contributed by atoms with E-state index in [9.17, 15) is 4.79 Å². The molecule has 2 atom stereocenters. The van der Waals surface area contributed by atoms with E-state index in [-0.39, 0.29) is 11.9 Å². The molecular formula is C21H23ClN6O2. The quantitative estimate of drug-likeness (QED) is 0.652. The Hall–Kier alpha value is -2.97. The van der Waals surface area contributed by atoms with Crippen molar-refractivity contribution in [2.24, 2.45) is 0 Å². The number of carbonyl (C=O) groups is 1. The molecule has 9 heteroatoms. The van der Waals surface area contributed by atoms with Gasteiger partial charge in [-0.15, -0.1) is 5.10 Å². The second-order valence-electron chi connectivity index (χ2n) is 7.30. The summed E-state index contributed by atoms with van der Waals surface area (Å²) < 4.78 is 6.85. The highest BCUT2D eigenvalue weighted by molar-refractivity contribution is 6.33. The van der Waals surface area contributed by atoms with Gasteiger partial charge in [-0.2, -0.15) is 4.68 Å². The first-order valence-electron chi connectivity index (χ1n) is 9.77. The van der Waals surface area contributed by atoms with E-state index in [4.69, 9.17) is 16.3 Å². The summed E-state index contributed by atoms with van der Waals surface area (Å²) in [6, 6.07) is 14.0. The van der Waals surface area contributed by atoms with Crippen LogP contribution in [0, 0.1) is 0 Å². The number of likely N-dealkylation sites (tertiary alicyclic amines) is 1. The summed E-state index contributed by atoms with van der Waals surface area (Å²) in [4.78, 5) is 15.3. The first-order valence-corrected chi connectivity index (χ1v) is 10.2. The summed E-state index contributed by atoms with van der Waals surface area (Å²) in [5.41, 5.74) is 2.20. The monoisotopic (exact) mass is 426 g/mol. The summed E-state index contributed by atoms with van der Waals surface area (Å²) in [5.74, 6) is 0.200. The van der Waals surface area contributed by atoms with Crippen LogP contribution in [0.2, 0.25) is 5.02 Å². The lowest BCUT2D eigenvalue weighted by Gasteiger charge is -2.25. The van der Waals surface area contributed by atoms with Crippen LogP contribution >= 0.6 is 11.6 Å². The molecule has 4 rings (SSSR count). The molecule has 8 nitrogen and oxygen atoms in total. The van der Waals surface area contributed by atoms with Gasteiger partial charge in [-0.05, 0) is 35.4 Å². The maximum absolute atomic E-state index is 13.0. The standard InChI is InChI=1S/C21H23ClN6O2/c1-14(15-6-4-3-5-7-15)27-9-8-16(12-27)24-21(29)17-10-18(22)19(11-20(17)30-2)28-13-23-25-26-28/h3-7,10-11,13-14,16H,8-9,12H2,1-2H3,(H,24,29). The molecule has 1 aliphatic rings. The number of rotatable bonds is 6. The Balaban J connectivity index is 1.46. The van der Waals surface area contributed by atoms with Gasteiger partial charge in [0, 0.05) is 31.2 Å². The van der Waals surface area contributed by atoms with Crippen molar-refractivity contribution in [3.8, 4) is 11.4 Å². The zero-order valence-corrected chi connectivity index (χ0v) is 17.6. The number of amides is 1. The fraction of sp³-hybridized carbons (Fsp3) is 0.333. The molecule has 1 aromatic heterocycles. The van der Waals surface area contributed by atoms with E-state index >= 15 is 0 Å². The van der Waals surface area contributed by atoms with E-state index in [1.54, 1.807) is 12.1 Å². The number of benzene rings is 2. The van der Waals surface area contributed by atoms with E-state index in [2.05, 4.69) is 56.9 Å². The van der Waals surface area contributed by atoms with Crippen molar-refractivity contribution in [3.05, 3.63) is 64.9 Å². The first-order chi connectivity index (χ1) is 14.6. The number of nitrogens with zero attached hydrogens (tertiary/aromatic N) is 5. The highest BCUT2D eigenvalue weighted by atomic mass is 35.5. The van der Waals surface area contributed by atoms with Gasteiger partial charge >= 0.3 is 0 Å². The molecule has 0 aliphatic carbocycles. The number of tetrazole rings is 1. The van der Waals surface area contributed by atoms with E-state index in [0.717, 1.165) is 19.5 Å². The molecule has 0 radical (unpaired) electrons. The zero-order valence-electron chi connectivity index (χ0n) is 16.8. The van der Waals surface area contributed by atoms with Gasteiger partial charge in [-0.25, -0.2) is 0 Å². The van der Waals surface area contributed by atoms with Gasteiger partial charge < -0.3 is 10.1 Å². The van der Waals surface area contributed by atoms with Crippen molar-refractivity contribution in [1.29, 1.82) is 0 Å². The van der Waals surface area contributed by atoms with Crippen LogP contribution < -0.4 is 10.1 Å². The number of carbonyl (C=O) groups excluding carboxylic acids is 1. The lowest BCUT2D eigenvalue weighted by atomic mass is 10.1. The number of aromatic nitrogens is 4. The van der Waals surface area contributed by atoms with Crippen molar-refractivity contribution >= 4 is 17.5 Å². The van der Waals surface area contributed by atoms with Crippen molar-refractivity contribution in [2.45, 2.75) is 25.4 Å². The molecule has 1 aliphatic heterocycles. The number of nitrogens with one attached hydrogen (secondary N) is 1. The third-order valence-corrected chi connectivity index (χ3v) is 5.80. The third-order valence-electron chi connectivity index (χ3n) is 5.49. The van der Waals surface area contributed by atoms with Crippen molar-refractivity contribution in [2.75, 3.05) is 20.2 Å². The Morgan fingerprint density at radius 2 is 2.10 bits per heavy atom. The van der Waals surface area contributed by atoms with Crippen LogP contribution in [0.3, 0.4) is 0 Å². The maximum atomic E-state index is 13.0. The van der Waals surface area contributed by atoms with Crippen LogP contribution in [0.4, 0.5) is 0 Å². The molecule has 1 saturated heterocycles. The maximum Gasteiger partial charge on any atom is 0.255 e. The van der Waals surface area contributed by atoms with Crippen LogP contribution in [-0.2, 0) is 0 Å². The number of hydrogen-bond acceptors (Lipinski definition) is 6. The second kappa shape index (κ2) is 8.81. The molecule has 0 saturated carbocycles. The molecule has 1 amide bonds. The SMILES string of the molecule is COc1cc(-n2cnnn2)c(Cl)cc1C(=O)NC1CCN(C(C)c2ccccc2)C1. The molecule has 156 valence electrons. The lowest BCUT2D eigenvalue weighted by molar-refractivity contribution is 0.0933. The van der Waals surface area contributed by atoms with Crippen LogP contribution in [0.5, 0.6) is 5.75 Å². The van der Waals surface area contributed by atoms with Gasteiger partial charge in [-0.3, -0.25) is 9.69 Å². The molecule has 30 heavy (non-hydrogen) atoms. The Morgan fingerprint density at radius 1 is 1.30 bits per heavy atom. The molecule has 0 bridgehead atoms. The number of halogens is 1. The first kappa shape index (κ1) is 20.3. The number of hydrogen-bond donors (Lipinski definition) is 1. The van der Waals surface area contributed by atoms with Gasteiger partial charge in [0.15, 0.2) is 0 Å². The van der Waals surface area contributed by atoms with Gasteiger partial charge in [0.05, 0.1) is 23.4 Å². The Labute approximate surface area is 179 Å². The van der Waals surface area contributed by atoms with Crippen molar-refractivity contribution in [3.63, 3.8) is 0 Å². The van der Waals surface area contributed by atoms with Gasteiger partial charge in [0.25, 0.3) is 5.91 Å². The Bertz CT molecular complexity index is 1010. The summed E-state index contributed by atoms with van der Waals surface area (Å²) in [5, 5.41) is 14.5. The predicted molar refractivity (Wildman–Crippen MR) is 113 cm³/mol. The smallest absolute Gasteiger partial charge is 0.255 e. The molecule has 2 aromatic carbocycles. The van der Waals surface area contributed by atoms with Crippen LogP contribution in [-0.4, -0.2) is 57.3 Å². The van der Waals surface area contributed by atoms with E-state index < -0.39 is 0 Å². The normalized spacial score (nSPS) is 17.6. The van der Waals surface area contributed by atoms with Gasteiger partial charge in [0.1, 0.15) is 12.1 Å².